The van der Waals surface area contributed by atoms with Crippen LogP contribution in [0.3, 0.4) is 0 Å². The predicted octanol–water partition coefficient (Wildman–Crippen LogP) is 3.17. The molecule has 2 aromatic rings. The van der Waals surface area contributed by atoms with Crippen LogP contribution in [0.5, 0.6) is 5.75 Å². The van der Waals surface area contributed by atoms with E-state index in [2.05, 4.69) is 39.9 Å². The van der Waals surface area contributed by atoms with Gasteiger partial charge in [0.05, 0.1) is 7.11 Å². The first-order valence-corrected chi connectivity index (χ1v) is 8.26. The summed E-state index contributed by atoms with van der Waals surface area (Å²) in [5, 5.41) is 0. The number of hydrogen-bond donors (Lipinski definition) is 0. The molecule has 0 amide bonds. The summed E-state index contributed by atoms with van der Waals surface area (Å²) >= 11 is 0. The fourth-order valence-electron chi connectivity index (χ4n) is 3.34. The molecule has 0 saturated heterocycles. The van der Waals surface area contributed by atoms with Crippen molar-refractivity contribution >= 4 is 0 Å². The lowest BCUT2D eigenvalue weighted by Gasteiger charge is -2.24. The maximum atomic E-state index is 5.29. The van der Waals surface area contributed by atoms with Crippen LogP contribution in [0.25, 0.3) is 0 Å². The van der Waals surface area contributed by atoms with E-state index in [1.807, 2.05) is 12.1 Å². The predicted molar refractivity (Wildman–Crippen MR) is 91.5 cm³/mol. The van der Waals surface area contributed by atoms with Crippen molar-refractivity contribution in [2.24, 2.45) is 5.92 Å². The van der Waals surface area contributed by atoms with Gasteiger partial charge in [-0.1, -0.05) is 12.1 Å². The molecule has 124 valence electrons. The Kier molecular flexibility index (Phi) is 5.36. The second-order valence-electron chi connectivity index (χ2n) is 6.32. The van der Waals surface area contributed by atoms with Gasteiger partial charge in [0.25, 0.3) is 0 Å². The minimum Gasteiger partial charge on any atom is -0.497 e. The fourth-order valence-corrected chi connectivity index (χ4v) is 3.34. The zero-order valence-electron chi connectivity index (χ0n) is 14.1. The molecule has 0 saturated carbocycles. The van der Waals surface area contributed by atoms with Crippen LogP contribution in [0, 0.1) is 5.92 Å². The highest BCUT2D eigenvalue weighted by Crippen LogP contribution is 2.22. The minimum absolute atomic E-state index is 0.627. The second-order valence-corrected chi connectivity index (χ2v) is 6.32. The topological polar surface area (TPSA) is 26.6 Å². The van der Waals surface area contributed by atoms with Gasteiger partial charge in [-0.15, -0.1) is 0 Å². The number of nitrogens with zero attached hydrogens (tertiary/aromatic N) is 2. The van der Waals surface area contributed by atoms with Crippen LogP contribution in [-0.4, -0.2) is 36.8 Å². The maximum absolute atomic E-state index is 5.29. The monoisotopic (exact) mass is 314 g/mol. The first kappa shape index (κ1) is 16.1. The summed E-state index contributed by atoms with van der Waals surface area (Å²) in [5.41, 5.74) is 2.73. The molecule has 0 radical (unpaired) electrons. The third-order valence-corrected chi connectivity index (χ3v) is 4.58. The van der Waals surface area contributed by atoms with Crippen LogP contribution >= 0.6 is 0 Å². The Labute approximate surface area is 138 Å². The SMILES string of the molecule is COCC[C@H]1CN(Cc2ccc(OC)cc2)Cc2cccn2C1. The fraction of sp³-hybridized carbons (Fsp3) is 0.474. The quantitative estimate of drug-likeness (QED) is 0.819. The lowest BCUT2D eigenvalue weighted by molar-refractivity contribution is 0.151. The average molecular weight is 314 g/mol. The Balaban J connectivity index is 1.71. The number of benzene rings is 1. The lowest BCUT2D eigenvalue weighted by Crippen LogP contribution is -2.28. The van der Waals surface area contributed by atoms with E-state index in [4.69, 9.17) is 9.47 Å². The van der Waals surface area contributed by atoms with E-state index in [0.29, 0.717) is 5.92 Å². The molecule has 4 heteroatoms. The van der Waals surface area contributed by atoms with E-state index >= 15 is 0 Å². The van der Waals surface area contributed by atoms with Crippen molar-refractivity contribution in [3.05, 3.63) is 53.9 Å². The first-order valence-electron chi connectivity index (χ1n) is 8.26. The molecule has 0 N–H and O–H groups in total. The molecule has 3 rings (SSSR count). The summed E-state index contributed by atoms with van der Waals surface area (Å²) in [4.78, 5) is 2.54. The molecule has 0 unspecified atom stereocenters. The number of ether oxygens (including phenoxy) is 2. The summed E-state index contributed by atoms with van der Waals surface area (Å²) in [6.45, 7) is 5.00. The number of methoxy groups -OCH3 is 2. The number of fused-ring (bicyclic) bond motifs is 1. The first-order chi connectivity index (χ1) is 11.3. The van der Waals surface area contributed by atoms with Gasteiger partial charge < -0.3 is 14.0 Å². The smallest absolute Gasteiger partial charge is 0.118 e. The normalized spacial score (nSPS) is 18.4. The standard InChI is InChI=1S/C19H26N2O2/c1-22-11-9-17-13-20(15-18-4-3-10-21(18)14-17)12-16-5-7-19(23-2)8-6-16/h3-8,10,17H,9,11-15H2,1-2H3/t17-/m0/s1. The summed E-state index contributed by atoms with van der Waals surface area (Å²) in [6, 6.07) is 12.8. The molecule has 1 aliphatic rings. The summed E-state index contributed by atoms with van der Waals surface area (Å²) in [5.74, 6) is 1.54. The number of aromatic nitrogens is 1. The molecular weight excluding hydrogens is 288 g/mol. The van der Waals surface area contributed by atoms with Crippen LogP contribution in [0.15, 0.2) is 42.6 Å². The lowest BCUT2D eigenvalue weighted by atomic mass is 10.1. The van der Waals surface area contributed by atoms with E-state index < -0.39 is 0 Å². The molecule has 1 aromatic heterocycles. The number of hydrogen-bond acceptors (Lipinski definition) is 3. The van der Waals surface area contributed by atoms with Gasteiger partial charge in [-0.2, -0.15) is 0 Å². The van der Waals surface area contributed by atoms with Crippen molar-refractivity contribution < 1.29 is 9.47 Å². The Bertz CT molecular complexity index is 606. The Morgan fingerprint density at radius 3 is 2.65 bits per heavy atom. The summed E-state index contributed by atoms with van der Waals surface area (Å²) in [7, 11) is 3.49. The molecular formula is C19H26N2O2. The molecule has 0 aliphatic carbocycles. The van der Waals surface area contributed by atoms with E-state index in [1.165, 1.54) is 11.3 Å². The Morgan fingerprint density at radius 2 is 1.91 bits per heavy atom. The second kappa shape index (κ2) is 7.66. The van der Waals surface area contributed by atoms with Gasteiger partial charge in [0.1, 0.15) is 5.75 Å². The van der Waals surface area contributed by atoms with Crippen LogP contribution in [-0.2, 0) is 24.4 Å². The van der Waals surface area contributed by atoms with E-state index in [0.717, 1.165) is 45.0 Å². The number of rotatable bonds is 6. The van der Waals surface area contributed by atoms with Gasteiger partial charge in [-0.05, 0) is 42.2 Å². The van der Waals surface area contributed by atoms with Gasteiger partial charge in [0, 0.05) is 51.8 Å². The van der Waals surface area contributed by atoms with Crippen molar-refractivity contribution in [2.45, 2.75) is 26.1 Å². The van der Waals surface area contributed by atoms with Crippen LogP contribution in [0.1, 0.15) is 17.7 Å². The Hall–Kier alpha value is -1.78. The van der Waals surface area contributed by atoms with Crippen molar-refractivity contribution in [1.82, 2.24) is 9.47 Å². The highest BCUT2D eigenvalue weighted by atomic mass is 16.5. The van der Waals surface area contributed by atoms with Crippen molar-refractivity contribution in [1.29, 1.82) is 0 Å². The van der Waals surface area contributed by atoms with Gasteiger partial charge in [-0.3, -0.25) is 4.90 Å². The highest BCUT2D eigenvalue weighted by molar-refractivity contribution is 5.27. The maximum Gasteiger partial charge on any atom is 0.118 e. The zero-order chi connectivity index (χ0) is 16.1. The van der Waals surface area contributed by atoms with E-state index in [1.54, 1.807) is 14.2 Å². The molecule has 0 spiro atoms. The summed E-state index contributed by atoms with van der Waals surface area (Å²) in [6.07, 6.45) is 3.30. The average Bonchev–Trinajstić information content (AvgIpc) is 2.93. The Morgan fingerprint density at radius 1 is 1.09 bits per heavy atom. The van der Waals surface area contributed by atoms with Crippen molar-refractivity contribution in [3.63, 3.8) is 0 Å². The molecule has 1 atom stereocenters. The molecule has 0 bridgehead atoms. The molecule has 23 heavy (non-hydrogen) atoms. The zero-order valence-corrected chi connectivity index (χ0v) is 14.1. The van der Waals surface area contributed by atoms with Crippen LogP contribution in [0.4, 0.5) is 0 Å². The van der Waals surface area contributed by atoms with Crippen molar-refractivity contribution in [2.75, 3.05) is 27.4 Å². The third kappa shape index (κ3) is 4.15. The largest absolute Gasteiger partial charge is 0.497 e. The molecule has 0 fully saturated rings. The molecule has 4 nitrogen and oxygen atoms in total. The van der Waals surface area contributed by atoms with Gasteiger partial charge in [0.2, 0.25) is 0 Å². The third-order valence-electron chi connectivity index (χ3n) is 4.58. The van der Waals surface area contributed by atoms with Gasteiger partial charge in [0.15, 0.2) is 0 Å². The highest BCUT2D eigenvalue weighted by Gasteiger charge is 2.21. The van der Waals surface area contributed by atoms with E-state index in [9.17, 15) is 0 Å². The van der Waals surface area contributed by atoms with Crippen molar-refractivity contribution in [3.8, 4) is 5.75 Å². The van der Waals surface area contributed by atoms with Gasteiger partial charge >= 0.3 is 0 Å². The van der Waals surface area contributed by atoms with Crippen LogP contribution < -0.4 is 4.74 Å². The van der Waals surface area contributed by atoms with Gasteiger partial charge in [-0.25, -0.2) is 0 Å². The molecule has 1 aliphatic heterocycles. The summed E-state index contributed by atoms with van der Waals surface area (Å²) < 4.78 is 12.9. The molecule has 1 aromatic carbocycles. The molecule has 2 heterocycles. The van der Waals surface area contributed by atoms with E-state index in [-0.39, 0.29) is 0 Å². The van der Waals surface area contributed by atoms with Crippen LogP contribution in [0.2, 0.25) is 0 Å². The minimum atomic E-state index is 0.627.